The van der Waals surface area contributed by atoms with Crippen LogP contribution in [0.3, 0.4) is 0 Å². The lowest BCUT2D eigenvalue weighted by Gasteiger charge is -2.25. The van der Waals surface area contributed by atoms with E-state index in [9.17, 15) is 4.79 Å². The summed E-state index contributed by atoms with van der Waals surface area (Å²) in [6.45, 7) is 3.10. The second-order valence-electron chi connectivity index (χ2n) is 3.92. The van der Waals surface area contributed by atoms with Crippen molar-refractivity contribution in [2.45, 2.75) is 32.7 Å². The molecule has 0 N–H and O–H groups in total. The van der Waals surface area contributed by atoms with Crippen LogP contribution in [-0.2, 0) is 11.3 Å². The summed E-state index contributed by atoms with van der Waals surface area (Å²) < 4.78 is 6.84. The molecule has 0 aromatic carbocycles. The monoisotopic (exact) mass is 208 g/mol. The van der Waals surface area contributed by atoms with Gasteiger partial charge in [-0.25, -0.2) is 9.78 Å². The number of ether oxygens (including phenoxy) is 1. The van der Waals surface area contributed by atoms with E-state index >= 15 is 0 Å². The predicted molar refractivity (Wildman–Crippen MR) is 55.5 cm³/mol. The molecular formula is C11H16N2O2. The van der Waals surface area contributed by atoms with E-state index in [2.05, 4.69) is 4.98 Å². The van der Waals surface area contributed by atoms with Crippen molar-refractivity contribution < 1.29 is 9.53 Å². The van der Waals surface area contributed by atoms with Crippen molar-refractivity contribution in [1.29, 1.82) is 0 Å². The third-order valence-electron chi connectivity index (χ3n) is 2.85. The van der Waals surface area contributed by atoms with Gasteiger partial charge in [0.05, 0.1) is 6.61 Å². The Balaban J connectivity index is 2.03. The Hall–Kier alpha value is -1.32. The molecule has 1 aliphatic rings. The van der Waals surface area contributed by atoms with E-state index in [4.69, 9.17) is 4.74 Å². The van der Waals surface area contributed by atoms with Crippen molar-refractivity contribution >= 4 is 5.97 Å². The minimum atomic E-state index is -0.318. The number of esters is 1. The Labute approximate surface area is 89.3 Å². The fraction of sp³-hybridized carbons (Fsp3) is 0.636. The first kappa shape index (κ1) is 10.2. The van der Waals surface area contributed by atoms with Crippen LogP contribution in [0.15, 0.2) is 12.4 Å². The first-order chi connectivity index (χ1) is 7.31. The summed E-state index contributed by atoms with van der Waals surface area (Å²) in [6, 6.07) is 0. The number of imidazole rings is 1. The molecule has 0 bridgehead atoms. The van der Waals surface area contributed by atoms with Crippen molar-refractivity contribution in [2.24, 2.45) is 5.92 Å². The van der Waals surface area contributed by atoms with Crippen LogP contribution < -0.4 is 0 Å². The number of aromatic nitrogens is 2. The highest BCUT2D eigenvalue weighted by molar-refractivity contribution is 5.85. The molecular weight excluding hydrogens is 192 g/mol. The highest BCUT2D eigenvalue weighted by atomic mass is 16.5. The van der Waals surface area contributed by atoms with Gasteiger partial charge in [-0.2, -0.15) is 0 Å². The van der Waals surface area contributed by atoms with Crippen LogP contribution >= 0.6 is 0 Å². The van der Waals surface area contributed by atoms with E-state index < -0.39 is 0 Å². The Bertz CT molecular complexity index is 342. The van der Waals surface area contributed by atoms with Crippen molar-refractivity contribution in [2.75, 3.05) is 6.61 Å². The zero-order chi connectivity index (χ0) is 10.7. The normalized spacial score (nSPS) is 16.1. The summed E-state index contributed by atoms with van der Waals surface area (Å²) in [5.74, 6) is 0.831. The summed E-state index contributed by atoms with van der Waals surface area (Å²) in [7, 11) is 0. The number of nitrogens with zero attached hydrogens (tertiary/aromatic N) is 2. The molecule has 0 amide bonds. The zero-order valence-corrected chi connectivity index (χ0v) is 8.98. The molecule has 1 aliphatic carbocycles. The number of rotatable bonds is 4. The van der Waals surface area contributed by atoms with E-state index in [0.717, 1.165) is 6.54 Å². The maximum Gasteiger partial charge on any atom is 0.374 e. The van der Waals surface area contributed by atoms with Crippen LogP contribution in [0.2, 0.25) is 0 Å². The molecule has 1 fully saturated rings. The SMILES string of the molecule is CCOC(=O)c1nccn1CC1CCC1. The highest BCUT2D eigenvalue weighted by Crippen LogP contribution is 2.28. The summed E-state index contributed by atoms with van der Waals surface area (Å²) in [5, 5.41) is 0. The minimum Gasteiger partial charge on any atom is -0.460 e. The lowest BCUT2D eigenvalue weighted by atomic mass is 9.85. The Kier molecular flexibility index (Phi) is 3.04. The van der Waals surface area contributed by atoms with Crippen LogP contribution in [0.5, 0.6) is 0 Å². The maximum absolute atomic E-state index is 11.5. The van der Waals surface area contributed by atoms with Crippen LogP contribution in [0.4, 0.5) is 0 Å². The topological polar surface area (TPSA) is 44.1 Å². The lowest BCUT2D eigenvalue weighted by Crippen LogP contribution is -2.21. The Morgan fingerprint density at radius 1 is 1.67 bits per heavy atom. The van der Waals surface area contributed by atoms with E-state index in [1.807, 2.05) is 10.8 Å². The Morgan fingerprint density at radius 3 is 3.07 bits per heavy atom. The summed E-state index contributed by atoms with van der Waals surface area (Å²) in [6.07, 6.45) is 7.35. The van der Waals surface area contributed by atoms with Gasteiger partial charge in [-0.1, -0.05) is 6.42 Å². The molecule has 0 radical (unpaired) electrons. The van der Waals surface area contributed by atoms with Gasteiger partial charge in [0.2, 0.25) is 5.82 Å². The first-order valence-corrected chi connectivity index (χ1v) is 5.49. The summed E-state index contributed by atoms with van der Waals surface area (Å²) >= 11 is 0. The predicted octanol–water partition coefficient (Wildman–Crippen LogP) is 1.86. The number of hydrogen-bond donors (Lipinski definition) is 0. The average Bonchev–Trinajstić information content (AvgIpc) is 2.59. The fourth-order valence-electron chi connectivity index (χ4n) is 1.80. The van der Waals surface area contributed by atoms with Crippen LogP contribution in [-0.4, -0.2) is 22.1 Å². The van der Waals surface area contributed by atoms with Gasteiger partial charge in [0, 0.05) is 18.9 Å². The average molecular weight is 208 g/mol. The molecule has 0 atom stereocenters. The standard InChI is InChI=1S/C11H16N2O2/c1-2-15-11(14)10-12-6-7-13(10)8-9-4-3-5-9/h6-7,9H,2-5,8H2,1H3. The molecule has 0 unspecified atom stereocenters. The molecule has 4 nitrogen and oxygen atoms in total. The first-order valence-electron chi connectivity index (χ1n) is 5.49. The number of carbonyl (C=O) groups excluding carboxylic acids is 1. The highest BCUT2D eigenvalue weighted by Gasteiger charge is 2.21. The summed E-state index contributed by atoms with van der Waals surface area (Å²) in [4.78, 5) is 15.5. The van der Waals surface area contributed by atoms with Crippen molar-refractivity contribution in [3.05, 3.63) is 18.2 Å². The van der Waals surface area contributed by atoms with E-state index in [0.29, 0.717) is 18.3 Å². The van der Waals surface area contributed by atoms with Gasteiger partial charge in [-0.15, -0.1) is 0 Å². The van der Waals surface area contributed by atoms with Gasteiger partial charge in [0.25, 0.3) is 0 Å². The van der Waals surface area contributed by atoms with Crippen molar-refractivity contribution in [3.63, 3.8) is 0 Å². The molecule has 1 aromatic heterocycles. The van der Waals surface area contributed by atoms with Crippen LogP contribution in [0.1, 0.15) is 36.8 Å². The van der Waals surface area contributed by atoms with E-state index in [1.165, 1.54) is 19.3 Å². The zero-order valence-electron chi connectivity index (χ0n) is 8.98. The van der Waals surface area contributed by atoms with Gasteiger partial charge in [-0.05, 0) is 25.7 Å². The van der Waals surface area contributed by atoms with Crippen molar-refractivity contribution in [1.82, 2.24) is 9.55 Å². The second kappa shape index (κ2) is 4.47. The summed E-state index contributed by atoms with van der Waals surface area (Å²) in [5.41, 5.74) is 0. The van der Waals surface area contributed by atoms with E-state index in [-0.39, 0.29) is 5.97 Å². The quantitative estimate of drug-likeness (QED) is 0.709. The van der Waals surface area contributed by atoms with Gasteiger partial charge in [-0.3, -0.25) is 0 Å². The Morgan fingerprint density at radius 2 is 2.47 bits per heavy atom. The molecule has 0 spiro atoms. The lowest BCUT2D eigenvalue weighted by molar-refractivity contribution is 0.0503. The van der Waals surface area contributed by atoms with Crippen LogP contribution in [0.25, 0.3) is 0 Å². The third kappa shape index (κ3) is 2.19. The smallest absolute Gasteiger partial charge is 0.374 e. The minimum absolute atomic E-state index is 0.318. The van der Waals surface area contributed by atoms with Gasteiger partial charge in [0.15, 0.2) is 0 Å². The molecule has 0 aliphatic heterocycles. The number of hydrogen-bond acceptors (Lipinski definition) is 3. The fourth-order valence-corrected chi connectivity index (χ4v) is 1.80. The largest absolute Gasteiger partial charge is 0.460 e. The molecule has 15 heavy (non-hydrogen) atoms. The van der Waals surface area contributed by atoms with Gasteiger partial charge < -0.3 is 9.30 Å². The maximum atomic E-state index is 11.5. The molecule has 1 aromatic rings. The second-order valence-corrected chi connectivity index (χ2v) is 3.92. The molecule has 2 rings (SSSR count). The van der Waals surface area contributed by atoms with Gasteiger partial charge >= 0.3 is 5.97 Å². The molecule has 1 saturated carbocycles. The third-order valence-corrected chi connectivity index (χ3v) is 2.85. The van der Waals surface area contributed by atoms with E-state index in [1.54, 1.807) is 13.1 Å². The van der Waals surface area contributed by atoms with Crippen molar-refractivity contribution in [3.8, 4) is 0 Å². The molecule has 1 heterocycles. The van der Waals surface area contributed by atoms with Crippen LogP contribution in [0, 0.1) is 5.92 Å². The molecule has 4 heteroatoms. The van der Waals surface area contributed by atoms with Gasteiger partial charge in [0.1, 0.15) is 0 Å². The molecule has 82 valence electrons. The number of carbonyl (C=O) groups is 1. The molecule has 0 saturated heterocycles.